The molecule has 162 valence electrons. The number of rotatable bonds is 4. The van der Waals surface area contributed by atoms with Gasteiger partial charge < -0.3 is 4.90 Å². The van der Waals surface area contributed by atoms with Crippen molar-refractivity contribution in [3.63, 3.8) is 0 Å². The smallest absolute Gasteiger partial charge is 0.279 e. The van der Waals surface area contributed by atoms with Crippen molar-refractivity contribution >= 4 is 40.0 Å². The summed E-state index contributed by atoms with van der Waals surface area (Å²) in [5.74, 6) is -0.225. The second kappa shape index (κ2) is 8.24. The number of para-hydroxylation sites is 1. The molecule has 33 heavy (non-hydrogen) atoms. The molecule has 0 saturated carbocycles. The number of hydrogen-bond acceptors (Lipinski definition) is 7. The van der Waals surface area contributed by atoms with E-state index in [1.165, 1.54) is 23.5 Å². The van der Waals surface area contributed by atoms with E-state index in [1.54, 1.807) is 47.2 Å². The number of nitro groups is 1. The number of hydrogen-bond donors (Lipinski definition) is 0. The number of aromatic nitrogens is 2. The Morgan fingerprint density at radius 3 is 2.58 bits per heavy atom. The highest BCUT2D eigenvalue weighted by Gasteiger charge is 2.31. The molecule has 1 amide bonds. The number of thiazole rings is 1. The van der Waals surface area contributed by atoms with E-state index in [4.69, 9.17) is 5.10 Å². The molecule has 2 aromatic heterocycles. The van der Waals surface area contributed by atoms with Gasteiger partial charge in [-0.2, -0.15) is 5.10 Å². The molecule has 3 heterocycles. The summed E-state index contributed by atoms with van der Waals surface area (Å²) in [6, 6.07) is 17.2. The van der Waals surface area contributed by atoms with Crippen LogP contribution in [0.25, 0.3) is 11.3 Å². The van der Waals surface area contributed by atoms with Gasteiger partial charge in [0.1, 0.15) is 0 Å². The molecule has 9 nitrogen and oxygen atoms in total. The monoisotopic (exact) mass is 456 g/mol. The number of fused-ring (bicyclic) bond motifs is 1. The number of carbonyl (C=O) groups excluding carboxylic acids is 1. The first kappa shape index (κ1) is 20.5. The molecule has 0 unspecified atom stereocenters. The van der Waals surface area contributed by atoms with E-state index in [0.717, 1.165) is 11.3 Å². The van der Waals surface area contributed by atoms with Gasteiger partial charge in [-0.15, -0.1) is 11.3 Å². The summed E-state index contributed by atoms with van der Waals surface area (Å²) in [5.41, 5.74) is 3.80. The van der Waals surface area contributed by atoms with Gasteiger partial charge >= 0.3 is 0 Å². The molecule has 5 rings (SSSR count). The summed E-state index contributed by atoms with van der Waals surface area (Å²) in [7, 11) is 1.71. The maximum Gasteiger partial charge on any atom is 0.279 e. The number of nitro benzene ring substituents is 1. The van der Waals surface area contributed by atoms with Crippen molar-refractivity contribution < 1.29 is 9.72 Å². The molecule has 0 atom stereocenters. The zero-order chi connectivity index (χ0) is 22.9. The summed E-state index contributed by atoms with van der Waals surface area (Å²) < 4.78 is 1.60. The van der Waals surface area contributed by atoms with Crippen LogP contribution in [0.15, 0.2) is 88.5 Å². The van der Waals surface area contributed by atoms with Gasteiger partial charge in [-0.3, -0.25) is 19.9 Å². The average Bonchev–Trinajstić information content (AvgIpc) is 3.34. The predicted octanol–water partition coefficient (Wildman–Crippen LogP) is 3.98. The van der Waals surface area contributed by atoms with Crippen LogP contribution in [0.4, 0.5) is 17.1 Å². The number of amides is 1. The van der Waals surface area contributed by atoms with Gasteiger partial charge in [0.2, 0.25) is 4.80 Å². The lowest BCUT2D eigenvalue weighted by molar-refractivity contribution is -0.384. The minimum Gasteiger partial charge on any atom is -0.309 e. The molecule has 2 aromatic carbocycles. The lowest BCUT2D eigenvalue weighted by Gasteiger charge is -2.07. The maximum absolute atomic E-state index is 13.0. The molecule has 0 N–H and O–H groups in total. The first-order valence-corrected chi connectivity index (χ1v) is 10.8. The minimum absolute atomic E-state index is 0.00589. The quantitative estimate of drug-likeness (QED) is 0.342. The van der Waals surface area contributed by atoms with E-state index in [0.29, 0.717) is 27.5 Å². The Balaban J connectivity index is 1.72. The zero-order valence-electron chi connectivity index (χ0n) is 17.3. The molecule has 0 saturated heterocycles. The molecule has 0 aliphatic carbocycles. The van der Waals surface area contributed by atoms with Gasteiger partial charge in [-0.05, 0) is 30.3 Å². The van der Waals surface area contributed by atoms with E-state index in [9.17, 15) is 14.9 Å². The number of carbonyl (C=O) groups is 1. The molecule has 10 heteroatoms. The number of likely N-dealkylation sites (N-methyl/N-ethyl adjacent to an activating group) is 1. The Morgan fingerprint density at radius 1 is 1.06 bits per heavy atom. The van der Waals surface area contributed by atoms with Gasteiger partial charge in [0.15, 0.2) is 5.71 Å². The lowest BCUT2D eigenvalue weighted by atomic mass is 10.1. The van der Waals surface area contributed by atoms with Crippen LogP contribution in [0, 0.1) is 10.1 Å². The van der Waals surface area contributed by atoms with E-state index in [1.807, 2.05) is 35.7 Å². The molecular formula is C23H16N6O3S. The molecule has 1 aliphatic rings. The van der Waals surface area contributed by atoms with Gasteiger partial charge in [0, 0.05) is 41.9 Å². The zero-order valence-corrected chi connectivity index (χ0v) is 18.1. The van der Waals surface area contributed by atoms with Crippen LogP contribution in [0.2, 0.25) is 0 Å². The fourth-order valence-electron chi connectivity index (χ4n) is 3.50. The Hall–Kier alpha value is -4.44. The van der Waals surface area contributed by atoms with Crippen LogP contribution in [0.1, 0.15) is 5.56 Å². The van der Waals surface area contributed by atoms with Crippen LogP contribution in [0.3, 0.4) is 0 Å². The third-order valence-corrected chi connectivity index (χ3v) is 5.97. The van der Waals surface area contributed by atoms with E-state index in [2.05, 4.69) is 9.98 Å². The highest BCUT2D eigenvalue weighted by Crippen LogP contribution is 2.29. The molecule has 0 bridgehead atoms. The topological polar surface area (TPSA) is 106 Å². The Bertz CT molecular complexity index is 1470. The number of non-ortho nitro benzene ring substituents is 1. The minimum atomic E-state index is -0.446. The molecule has 0 fully saturated rings. The van der Waals surface area contributed by atoms with Crippen LogP contribution in [-0.4, -0.2) is 33.2 Å². The van der Waals surface area contributed by atoms with E-state index >= 15 is 0 Å². The first-order valence-electron chi connectivity index (χ1n) is 9.89. The molecular weight excluding hydrogens is 440 g/mol. The molecule has 4 aromatic rings. The second-order valence-electron chi connectivity index (χ2n) is 7.17. The Morgan fingerprint density at radius 2 is 1.85 bits per heavy atom. The van der Waals surface area contributed by atoms with Gasteiger partial charge in [0.25, 0.3) is 11.6 Å². The third-order valence-electron chi connectivity index (χ3n) is 5.16. The van der Waals surface area contributed by atoms with Crippen molar-refractivity contribution in [2.45, 2.75) is 0 Å². The van der Waals surface area contributed by atoms with Gasteiger partial charge in [0.05, 0.1) is 28.2 Å². The number of anilines is 1. The summed E-state index contributed by atoms with van der Waals surface area (Å²) in [6.07, 6.45) is 3.29. The second-order valence-corrected chi connectivity index (χ2v) is 8.01. The summed E-state index contributed by atoms with van der Waals surface area (Å²) in [4.78, 5) is 34.4. The van der Waals surface area contributed by atoms with Crippen molar-refractivity contribution in [1.29, 1.82) is 0 Å². The highest BCUT2D eigenvalue weighted by atomic mass is 32.1. The molecule has 0 radical (unpaired) electrons. The molecule has 0 spiro atoms. The first-order chi connectivity index (χ1) is 16.0. The Kier molecular flexibility index (Phi) is 5.11. The van der Waals surface area contributed by atoms with E-state index < -0.39 is 4.92 Å². The molecule has 1 aliphatic heterocycles. The number of nitrogens with zero attached hydrogens (tertiary/aromatic N) is 6. The van der Waals surface area contributed by atoms with Crippen LogP contribution in [-0.2, 0) is 4.79 Å². The van der Waals surface area contributed by atoms with Crippen molar-refractivity contribution in [2.75, 3.05) is 11.9 Å². The highest BCUT2D eigenvalue weighted by molar-refractivity contribution is 7.07. The fraction of sp³-hybridized carbons (Fsp3) is 0.0435. The van der Waals surface area contributed by atoms with Crippen LogP contribution < -0.4 is 9.70 Å². The summed E-state index contributed by atoms with van der Waals surface area (Å²) in [6.45, 7) is 0. The largest absolute Gasteiger partial charge is 0.309 e. The number of pyridine rings is 1. The average molecular weight is 456 g/mol. The summed E-state index contributed by atoms with van der Waals surface area (Å²) in [5, 5.41) is 17.6. The van der Waals surface area contributed by atoms with Crippen molar-refractivity contribution in [1.82, 2.24) is 9.66 Å². The standard InChI is InChI=1S/C23H16N6O3S/c1-27-19-7-3-2-6-18(19)21(22(27)30)26-28-20(15-8-10-17(11-9-15)29(31)32)14-33-23(28)25-16-5-4-12-24-13-16/h2-14H,1H3. The fourth-order valence-corrected chi connectivity index (χ4v) is 4.35. The van der Waals surface area contributed by atoms with Gasteiger partial charge in [-0.25, -0.2) is 9.67 Å². The third kappa shape index (κ3) is 3.72. The lowest BCUT2D eigenvalue weighted by Crippen LogP contribution is -2.27. The van der Waals surface area contributed by atoms with Crippen LogP contribution in [0.5, 0.6) is 0 Å². The maximum atomic E-state index is 13.0. The van der Waals surface area contributed by atoms with E-state index in [-0.39, 0.29) is 11.6 Å². The van der Waals surface area contributed by atoms with Crippen molar-refractivity contribution in [2.24, 2.45) is 10.1 Å². The SMILES string of the molecule is CN1C(=O)C(=Nn2c(-c3ccc([N+](=O)[O-])cc3)csc2=Nc2cccnc2)c2ccccc21. The van der Waals surface area contributed by atoms with Crippen molar-refractivity contribution in [3.05, 3.63) is 98.9 Å². The number of benzene rings is 2. The Labute approximate surface area is 191 Å². The summed E-state index contributed by atoms with van der Waals surface area (Å²) >= 11 is 1.35. The van der Waals surface area contributed by atoms with Crippen molar-refractivity contribution in [3.8, 4) is 11.3 Å². The van der Waals surface area contributed by atoms with Gasteiger partial charge in [-0.1, -0.05) is 18.2 Å². The predicted molar refractivity (Wildman–Crippen MR) is 126 cm³/mol. The normalized spacial score (nSPS) is 14.7. The van der Waals surface area contributed by atoms with Crippen LogP contribution >= 0.6 is 11.3 Å².